The second-order valence-corrected chi connectivity index (χ2v) is 52.1. The van der Waals surface area contributed by atoms with Crippen molar-refractivity contribution >= 4 is 106 Å². The summed E-state index contributed by atoms with van der Waals surface area (Å²) < 4.78 is 0. The molecule has 0 bridgehead atoms. The minimum absolute atomic E-state index is 0.155. The standard InChI is InChI=1S/C8H16N2O2.C5H11NO2.5HI.2V/c1-3-12-9-5-4-6-10(2)7-8-11;1-6(2)4-3-5(7)8;;;;;;;/h1,9,11H,4-8H2,2H3;3-4H2,1-2H3,(H,7,8);5*1H;;/q;;;;;;;+2;+3/p-4. The first-order chi connectivity index (χ1) is 12.6. The molecule has 0 spiro atoms. The number of halogens is 5. The van der Waals surface area contributed by atoms with Gasteiger partial charge in [0, 0.05) is 25.4 Å². The summed E-state index contributed by atoms with van der Waals surface area (Å²) >= 11 is 12.1. The fourth-order valence-corrected chi connectivity index (χ4v) is 1.22. The Hall–Kier alpha value is 3.49. The molecule has 1 unspecified atom stereocenters. The van der Waals surface area contributed by atoms with Crippen LogP contribution in [0.4, 0.5) is 0 Å². The van der Waals surface area contributed by atoms with Crippen LogP contribution >= 0.6 is 99.9 Å². The van der Waals surface area contributed by atoms with Crippen molar-refractivity contribution in [1.82, 2.24) is 5.48 Å². The Labute approximate surface area is 230 Å². The third-order valence-electron chi connectivity index (χ3n) is 2.38. The second-order valence-electron chi connectivity index (χ2n) is 4.98. The summed E-state index contributed by atoms with van der Waals surface area (Å²) in [4.78, 5) is 16.4. The fraction of sp³-hybridized carbons (Fsp3) is 0.769. The number of likely N-dealkylation sites (N-methyl/N-ethyl adjacent to an activating group) is 1. The van der Waals surface area contributed by atoms with Gasteiger partial charge in [0.05, 0.1) is 40.8 Å². The molecule has 0 aromatic carbocycles. The predicted octanol–water partition coefficient (Wildman–Crippen LogP) is -0.310. The van der Waals surface area contributed by atoms with Crippen LogP contribution in [0.5, 0.6) is 0 Å². The minimum atomic E-state index is -0.966. The Kier molecular flexibility index (Phi) is 47.7. The van der Waals surface area contributed by atoms with Gasteiger partial charge in [-0.2, -0.15) is 0 Å². The van der Waals surface area contributed by atoms with E-state index < -0.39 is 5.97 Å². The molecule has 14 heteroatoms. The van der Waals surface area contributed by atoms with Crippen LogP contribution in [0, 0.1) is 12.5 Å². The number of hydroxylamine groups is 1. The average Bonchev–Trinajstić information content (AvgIpc) is 2.54. The van der Waals surface area contributed by atoms with Crippen molar-refractivity contribution in [1.29, 1.82) is 0 Å². The number of aliphatic hydroxyl groups excluding tert-OH is 1. The van der Waals surface area contributed by atoms with Crippen LogP contribution < -0.4 is 20.4 Å². The molecule has 0 fully saturated rings. The first-order valence-corrected chi connectivity index (χ1v) is 30.1. The first-order valence-electron chi connectivity index (χ1n) is 7.53. The molecule has 0 aliphatic carbocycles. The number of carbonyl (C=O) groups is 1. The van der Waals surface area contributed by atoms with Crippen molar-refractivity contribution in [3.8, 4) is 12.5 Å². The SMILES string of the molecule is C#CONCCC[NH+](C)CCO.C[NH+](C)CCC(=O)[O-].[I][V]([I])[I].[I][V][I]. The molecule has 0 rings (SSSR count). The third kappa shape index (κ3) is 65.2. The zero-order valence-electron chi connectivity index (χ0n) is 15.5. The van der Waals surface area contributed by atoms with Crippen molar-refractivity contribution in [2.45, 2.75) is 12.8 Å². The molecule has 1 atom stereocenters. The molecule has 0 amide bonds. The van der Waals surface area contributed by atoms with E-state index in [1.807, 2.05) is 27.2 Å². The predicted molar refractivity (Wildman–Crippen MR) is 144 cm³/mol. The van der Waals surface area contributed by atoms with Gasteiger partial charge in [0.15, 0.2) is 0 Å². The number of carboxylic acid groups (broad SMARTS) is 1. The van der Waals surface area contributed by atoms with Gasteiger partial charge < -0.3 is 29.6 Å². The second kappa shape index (κ2) is 34.1. The summed E-state index contributed by atoms with van der Waals surface area (Å²) in [6.45, 7) is 3.41. The third-order valence-corrected chi connectivity index (χ3v) is 2.38. The molecule has 0 aromatic heterocycles. The molecule has 163 valence electrons. The van der Waals surface area contributed by atoms with Crippen LogP contribution in [0.1, 0.15) is 12.8 Å². The maximum atomic E-state index is 9.78. The molecule has 0 saturated carbocycles. The molecule has 0 saturated heterocycles. The van der Waals surface area contributed by atoms with Crippen molar-refractivity contribution in [2.75, 3.05) is 53.9 Å². The van der Waals surface area contributed by atoms with Crippen LogP contribution in [-0.2, 0) is 24.0 Å². The van der Waals surface area contributed by atoms with E-state index in [1.165, 1.54) is 4.90 Å². The van der Waals surface area contributed by atoms with Gasteiger partial charge in [-0.15, -0.1) is 5.48 Å². The molecule has 27 heavy (non-hydrogen) atoms. The normalized spacial score (nSPS) is 10.1. The fourth-order valence-electron chi connectivity index (χ4n) is 1.22. The monoisotopic (exact) mass is 1030 g/mol. The summed E-state index contributed by atoms with van der Waals surface area (Å²) in [5.41, 5.74) is 2.62. The molecular weight excluding hydrogens is 999 g/mol. The summed E-state index contributed by atoms with van der Waals surface area (Å²) in [5.74, 6) is -0.966. The van der Waals surface area contributed by atoms with Crippen LogP contribution in [0.25, 0.3) is 0 Å². The Morgan fingerprint density at radius 2 is 1.74 bits per heavy atom. The van der Waals surface area contributed by atoms with Gasteiger partial charge in [-0.25, -0.2) is 0 Å². The summed E-state index contributed by atoms with van der Waals surface area (Å²) in [5, 5.41) is 18.4. The van der Waals surface area contributed by atoms with E-state index in [4.69, 9.17) is 11.5 Å². The van der Waals surface area contributed by atoms with Gasteiger partial charge >= 0.3 is 114 Å². The van der Waals surface area contributed by atoms with E-state index in [9.17, 15) is 9.90 Å². The molecule has 0 aliphatic rings. The van der Waals surface area contributed by atoms with Gasteiger partial charge in [-0.1, -0.05) is 6.42 Å². The van der Waals surface area contributed by atoms with E-state index in [1.54, 1.807) is 0 Å². The van der Waals surface area contributed by atoms with E-state index >= 15 is 0 Å². The van der Waals surface area contributed by atoms with Gasteiger partial charge in [-0.3, -0.25) is 0 Å². The zero-order valence-corrected chi connectivity index (χ0v) is 29.1. The van der Waals surface area contributed by atoms with Gasteiger partial charge in [0.25, 0.3) is 0 Å². The molecule has 0 radical (unpaired) electrons. The Bertz CT molecular complexity index is 341. The van der Waals surface area contributed by atoms with Crippen LogP contribution in [0.3, 0.4) is 0 Å². The number of aliphatic hydroxyl groups is 1. The number of carbonyl (C=O) groups excluding carboxylic acids is 1. The van der Waals surface area contributed by atoms with Gasteiger partial charge in [0.1, 0.15) is 12.7 Å². The quantitative estimate of drug-likeness (QED) is 0.105. The maximum absolute atomic E-state index is 9.78. The average molecular weight is 1030 g/mol. The van der Waals surface area contributed by atoms with Crippen LogP contribution in [0.2, 0.25) is 0 Å². The van der Waals surface area contributed by atoms with E-state index in [0.717, 1.165) is 31.0 Å². The number of nitrogens with one attached hydrogen (secondary N) is 3. The van der Waals surface area contributed by atoms with Crippen molar-refractivity contribution in [3.05, 3.63) is 0 Å². The Morgan fingerprint density at radius 1 is 1.26 bits per heavy atom. The van der Waals surface area contributed by atoms with Crippen molar-refractivity contribution < 1.29 is 44.0 Å². The molecule has 0 aliphatic heterocycles. The topological polar surface area (TPSA) is 90.5 Å². The van der Waals surface area contributed by atoms with Gasteiger partial charge in [0.2, 0.25) is 0 Å². The number of rotatable bonds is 10. The summed E-state index contributed by atoms with van der Waals surface area (Å²) in [6.07, 6.45) is 8.00. The first kappa shape index (κ1) is 37.8. The number of terminal acetylenes is 1. The Balaban J connectivity index is -0.000000151. The number of hydrogen-bond acceptors (Lipinski definition) is 5. The Morgan fingerprint density at radius 3 is 2.04 bits per heavy atom. The summed E-state index contributed by atoms with van der Waals surface area (Å²) in [7, 11) is 6.48. The van der Waals surface area contributed by atoms with Crippen LogP contribution in [-0.4, -0.2) is 65.0 Å². The number of aliphatic carboxylic acids is 1. The molecule has 4 N–H and O–H groups in total. The molecule has 0 heterocycles. The molecular formula is C13H28I5N3O4V2+. The molecule has 7 nitrogen and oxygen atoms in total. The number of carboxylic acids is 1. The van der Waals surface area contributed by atoms with E-state index in [0.29, 0.717) is 16.0 Å². The number of hydrogen-bond donors (Lipinski definition) is 4. The van der Waals surface area contributed by atoms with E-state index in [2.05, 4.69) is 110 Å². The molecule has 0 aromatic rings. The van der Waals surface area contributed by atoms with Gasteiger partial charge in [-0.05, 0) is 0 Å². The van der Waals surface area contributed by atoms with Crippen LogP contribution in [0.15, 0.2) is 0 Å². The van der Waals surface area contributed by atoms with E-state index in [-0.39, 0.29) is 17.9 Å². The number of quaternary nitrogens is 2. The van der Waals surface area contributed by atoms with Crippen molar-refractivity contribution in [2.24, 2.45) is 0 Å². The van der Waals surface area contributed by atoms with Crippen molar-refractivity contribution in [3.63, 3.8) is 0 Å². The summed E-state index contributed by atoms with van der Waals surface area (Å²) in [6, 6.07) is 0. The zero-order chi connectivity index (χ0) is 22.1.